The average Bonchev–Trinajstić information content (AvgIpc) is 2.98. The van der Waals surface area contributed by atoms with E-state index in [-0.39, 0.29) is 6.10 Å². The lowest BCUT2D eigenvalue weighted by atomic mass is 10.1. The molecule has 4 rings (SSSR count). The molecule has 0 saturated carbocycles. The molecule has 4 heterocycles. The van der Waals surface area contributed by atoms with Gasteiger partial charge in [0.2, 0.25) is 5.95 Å². The highest BCUT2D eigenvalue weighted by Crippen LogP contribution is 2.35. The molecule has 0 amide bonds. The molecule has 1 atom stereocenters. The summed E-state index contributed by atoms with van der Waals surface area (Å²) in [5.41, 5.74) is 0.924. The summed E-state index contributed by atoms with van der Waals surface area (Å²) in [6.07, 6.45) is 3.42. The highest BCUT2D eigenvalue weighted by atomic mass is 32.2. The molecule has 0 bridgehead atoms. The van der Waals surface area contributed by atoms with E-state index in [4.69, 9.17) is 9.72 Å². The summed E-state index contributed by atoms with van der Waals surface area (Å²) in [6, 6.07) is 0.375. The summed E-state index contributed by atoms with van der Waals surface area (Å²) in [5.74, 6) is 2.16. The van der Waals surface area contributed by atoms with Crippen molar-refractivity contribution in [3.63, 3.8) is 0 Å². The minimum atomic E-state index is -1.02. The van der Waals surface area contributed by atoms with Crippen molar-refractivity contribution >= 4 is 22.6 Å². The molecule has 0 aromatic carbocycles. The zero-order valence-electron chi connectivity index (χ0n) is 14.7. The SMILES string of the molecule is CCCN(c1nc(N2CC(O)C2)nc2c1S(=O)CC2)C1CCOCC1. The Morgan fingerprint density at radius 3 is 2.76 bits per heavy atom. The van der Waals surface area contributed by atoms with Crippen LogP contribution in [-0.4, -0.2) is 70.0 Å². The number of ether oxygens (including phenoxy) is 1. The van der Waals surface area contributed by atoms with Gasteiger partial charge in [-0.15, -0.1) is 0 Å². The van der Waals surface area contributed by atoms with Crippen molar-refractivity contribution in [1.82, 2.24) is 9.97 Å². The first kappa shape index (κ1) is 17.2. The van der Waals surface area contributed by atoms with E-state index in [2.05, 4.69) is 16.8 Å². The molecule has 8 heteroatoms. The van der Waals surface area contributed by atoms with Gasteiger partial charge in [0.05, 0.1) is 22.6 Å². The van der Waals surface area contributed by atoms with E-state index in [1.165, 1.54) is 0 Å². The molecule has 0 spiro atoms. The van der Waals surface area contributed by atoms with Crippen LogP contribution in [0.4, 0.5) is 11.8 Å². The minimum Gasteiger partial charge on any atom is -0.389 e. The van der Waals surface area contributed by atoms with Gasteiger partial charge in [-0.25, -0.2) is 4.98 Å². The third kappa shape index (κ3) is 3.27. The maximum Gasteiger partial charge on any atom is 0.227 e. The molecule has 0 radical (unpaired) electrons. The lowest BCUT2D eigenvalue weighted by Gasteiger charge is -2.38. The Balaban J connectivity index is 1.73. The first-order valence-corrected chi connectivity index (χ1v) is 10.6. The van der Waals surface area contributed by atoms with Crippen LogP contribution in [0, 0.1) is 0 Å². The number of nitrogens with zero attached hydrogens (tertiary/aromatic N) is 4. The summed E-state index contributed by atoms with van der Waals surface area (Å²) >= 11 is 0. The maximum absolute atomic E-state index is 12.6. The summed E-state index contributed by atoms with van der Waals surface area (Å²) in [4.78, 5) is 14.7. The number of hydrogen-bond donors (Lipinski definition) is 1. The van der Waals surface area contributed by atoms with Crippen molar-refractivity contribution in [2.24, 2.45) is 0 Å². The van der Waals surface area contributed by atoms with Crippen LogP contribution in [0.25, 0.3) is 0 Å². The van der Waals surface area contributed by atoms with Gasteiger partial charge in [0.25, 0.3) is 0 Å². The van der Waals surface area contributed by atoms with Crippen LogP contribution in [0.5, 0.6) is 0 Å². The van der Waals surface area contributed by atoms with E-state index in [1.807, 2.05) is 4.90 Å². The summed E-state index contributed by atoms with van der Waals surface area (Å²) in [6.45, 7) is 5.75. The van der Waals surface area contributed by atoms with E-state index < -0.39 is 10.8 Å². The topological polar surface area (TPSA) is 78.8 Å². The summed E-state index contributed by atoms with van der Waals surface area (Å²) in [5, 5.41) is 9.61. The second-order valence-corrected chi connectivity index (χ2v) is 8.53. The van der Waals surface area contributed by atoms with Crippen molar-refractivity contribution in [1.29, 1.82) is 0 Å². The highest BCUT2D eigenvalue weighted by molar-refractivity contribution is 7.85. The smallest absolute Gasteiger partial charge is 0.227 e. The molecule has 1 aromatic heterocycles. The number of rotatable bonds is 5. The predicted molar refractivity (Wildman–Crippen MR) is 96.7 cm³/mol. The Morgan fingerprint density at radius 1 is 1.32 bits per heavy atom. The van der Waals surface area contributed by atoms with Crippen LogP contribution in [0.1, 0.15) is 31.9 Å². The third-order valence-electron chi connectivity index (χ3n) is 5.17. The van der Waals surface area contributed by atoms with Crippen molar-refractivity contribution in [3.8, 4) is 0 Å². The molecule has 138 valence electrons. The van der Waals surface area contributed by atoms with Gasteiger partial charge in [-0.05, 0) is 19.3 Å². The number of aryl methyl sites for hydroxylation is 1. The van der Waals surface area contributed by atoms with Crippen molar-refractivity contribution < 1.29 is 14.1 Å². The first-order chi connectivity index (χ1) is 12.2. The van der Waals surface area contributed by atoms with E-state index in [0.717, 1.165) is 61.8 Å². The van der Waals surface area contributed by atoms with Gasteiger partial charge in [-0.3, -0.25) is 4.21 Å². The number of anilines is 2. The Labute approximate surface area is 150 Å². The summed E-state index contributed by atoms with van der Waals surface area (Å²) < 4.78 is 18.1. The normalized spacial score (nSPS) is 24.2. The Kier molecular flexibility index (Phi) is 4.92. The number of fused-ring (bicyclic) bond motifs is 1. The maximum atomic E-state index is 12.6. The molecule has 3 aliphatic rings. The zero-order valence-corrected chi connectivity index (χ0v) is 15.5. The minimum absolute atomic E-state index is 0.295. The van der Waals surface area contributed by atoms with E-state index >= 15 is 0 Å². The second-order valence-electron chi connectivity index (χ2n) is 7.02. The molecule has 25 heavy (non-hydrogen) atoms. The lowest BCUT2D eigenvalue weighted by Crippen LogP contribution is -2.52. The fourth-order valence-corrected chi connectivity index (χ4v) is 5.18. The van der Waals surface area contributed by atoms with Crippen LogP contribution in [-0.2, 0) is 22.0 Å². The van der Waals surface area contributed by atoms with Gasteiger partial charge < -0.3 is 19.6 Å². The molecule has 2 fully saturated rings. The monoisotopic (exact) mass is 366 g/mol. The number of aliphatic hydroxyl groups is 1. The average molecular weight is 366 g/mol. The van der Waals surface area contributed by atoms with Gasteiger partial charge in [0.15, 0.2) is 5.82 Å². The van der Waals surface area contributed by atoms with Crippen LogP contribution in [0.2, 0.25) is 0 Å². The van der Waals surface area contributed by atoms with Crippen LogP contribution < -0.4 is 9.80 Å². The van der Waals surface area contributed by atoms with Crippen molar-refractivity contribution in [2.45, 2.75) is 49.6 Å². The Bertz CT molecular complexity index is 660. The number of hydrogen-bond acceptors (Lipinski definition) is 7. The fourth-order valence-electron chi connectivity index (χ4n) is 3.82. The molecule has 7 nitrogen and oxygen atoms in total. The zero-order chi connectivity index (χ0) is 17.4. The molecule has 1 aromatic rings. The van der Waals surface area contributed by atoms with Gasteiger partial charge in [-0.1, -0.05) is 6.92 Å². The first-order valence-electron chi connectivity index (χ1n) is 9.24. The molecule has 1 N–H and O–H groups in total. The van der Waals surface area contributed by atoms with Gasteiger partial charge in [-0.2, -0.15) is 4.98 Å². The van der Waals surface area contributed by atoms with Crippen LogP contribution in [0.3, 0.4) is 0 Å². The highest BCUT2D eigenvalue weighted by Gasteiger charge is 2.34. The second kappa shape index (κ2) is 7.17. The standard InChI is InChI=1S/C17H26N4O3S/c1-2-6-21(12-3-7-24-8-4-12)16-15-14(5-9-25(15)23)18-17(19-16)20-10-13(22)11-20/h12-13,22H,2-11H2,1H3. The van der Waals surface area contributed by atoms with E-state index in [0.29, 0.717) is 30.8 Å². The third-order valence-corrected chi connectivity index (χ3v) is 6.62. The largest absolute Gasteiger partial charge is 0.389 e. The number of aliphatic hydroxyl groups excluding tert-OH is 1. The van der Waals surface area contributed by atoms with E-state index in [9.17, 15) is 9.32 Å². The molecular weight excluding hydrogens is 340 g/mol. The number of aromatic nitrogens is 2. The quantitative estimate of drug-likeness (QED) is 0.822. The molecular formula is C17H26N4O3S. The summed E-state index contributed by atoms with van der Waals surface area (Å²) in [7, 11) is -1.02. The van der Waals surface area contributed by atoms with E-state index in [1.54, 1.807) is 0 Å². The van der Waals surface area contributed by atoms with Crippen molar-refractivity contribution in [2.75, 3.05) is 48.4 Å². The predicted octanol–water partition coefficient (Wildman–Crippen LogP) is 0.717. The molecule has 1 unspecified atom stereocenters. The number of β-amino-alcohol motifs (C(OH)–C–C–N with tert-alkyl or cyclic N) is 1. The van der Waals surface area contributed by atoms with Gasteiger partial charge >= 0.3 is 0 Å². The van der Waals surface area contributed by atoms with Crippen LogP contribution in [0.15, 0.2) is 4.90 Å². The fraction of sp³-hybridized carbons (Fsp3) is 0.765. The Morgan fingerprint density at radius 2 is 2.08 bits per heavy atom. The molecule has 3 aliphatic heterocycles. The van der Waals surface area contributed by atoms with Crippen molar-refractivity contribution in [3.05, 3.63) is 5.69 Å². The van der Waals surface area contributed by atoms with Gasteiger partial charge in [0, 0.05) is 51.1 Å². The van der Waals surface area contributed by atoms with Crippen LogP contribution >= 0.6 is 0 Å². The lowest BCUT2D eigenvalue weighted by molar-refractivity contribution is 0.0841. The van der Waals surface area contributed by atoms with Gasteiger partial charge in [0.1, 0.15) is 4.90 Å². The molecule has 2 saturated heterocycles. The Hall–Kier alpha value is -1.25. The molecule has 0 aliphatic carbocycles.